The van der Waals surface area contributed by atoms with Gasteiger partial charge in [-0.3, -0.25) is 14.0 Å². The van der Waals surface area contributed by atoms with Crippen LogP contribution in [0.15, 0.2) is 24.3 Å². The van der Waals surface area contributed by atoms with Crippen molar-refractivity contribution < 1.29 is 22.3 Å². The molecule has 0 bridgehead atoms. The molecule has 0 unspecified atom stereocenters. The van der Waals surface area contributed by atoms with E-state index in [-0.39, 0.29) is 0 Å². The van der Waals surface area contributed by atoms with Gasteiger partial charge in [0.1, 0.15) is 11.5 Å². The Morgan fingerprint density at radius 1 is 0.833 bits per heavy atom. The SMILES string of the molecule is O=S(=O)(O)O.c1ccc2c(c1)c1c(N3CCCC3)nc(N3CCCC3)nc1n2CCN1CCOCC1. The molecule has 2 aromatic heterocycles. The number of benzene rings is 1. The molecule has 1 aromatic carbocycles. The van der Waals surface area contributed by atoms with Gasteiger partial charge in [-0.2, -0.15) is 18.4 Å². The van der Waals surface area contributed by atoms with Crippen molar-refractivity contribution in [3.8, 4) is 0 Å². The van der Waals surface area contributed by atoms with Crippen molar-refractivity contribution in [2.45, 2.75) is 32.2 Å². The summed E-state index contributed by atoms with van der Waals surface area (Å²) in [6.45, 7) is 10.0. The molecule has 12 heteroatoms. The lowest BCUT2D eigenvalue weighted by Gasteiger charge is -2.27. The number of hydrogen-bond donors (Lipinski definition) is 2. The maximum Gasteiger partial charge on any atom is 0.394 e. The lowest BCUT2D eigenvalue weighted by molar-refractivity contribution is 0.0366. The molecule has 0 radical (unpaired) electrons. The Balaban J connectivity index is 0.000000489. The summed E-state index contributed by atoms with van der Waals surface area (Å²) in [6, 6.07) is 8.80. The van der Waals surface area contributed by atoms with E-state index in [1.807, 2.05) is 0 Å². The molecule has 0 aliphatic carbocycles. The molecule has 0 atom stereocenters. The first-order valence-electron chi connectivity index (χ1n) is 12.7. The number of rotatable bonds is 5. The van der Waals surface area contributed by atoms with Crippen molar-refractivity contribution in [1.82, 2.24) is 19.4 Å². The minimum absolute atomic E-state index is 0.841. The number of para-hydroxylation sites is 1. The van der Waals surface area contributed by atoms with Crippen molar-refractivity contribution in [2.75, 3.05) is 68.8 Å². The van der Waals surface area contributed by atoms with Crippen LogP contribution in [0.5, 0.6) is 0 Å². The molecule has 3 aliphatic heterocycles. The number of ether oxygens (including phenoxy) is 1. The largest absolute Gasteiger partial charge is 0.394 e. The molecule has 5 heterocycles. The third kappa shape index (κ3) is 5.73. The van der Waals surface area contributed by atoms with Crippen LogP contribution in [0.4, 0.5) is 11.8 Å². The molecule has 3 aliphatic rings. The van der Waals surface area contributed by atoms with Gasteiger partial charge in [0.25, 0.3) is 0 Å². The van der Waals surface area contributed by atoms with Crippen LogP contribution in [0.3, 0.4) is 0 Å². The molecule has 6 rings (SSSR count). The zero-order chi connectivity index (χ0) is 25.1. The first kappa shape index (κ1) is 25.2. The second kappa shape index (κ2) is 10.9. The van der Waals surface area contributed by atoms with Crippen molar-refractivity contribution in [3.63, 3.8) is 0 Å². The Hall–Kier alpha value is -2.51. The standard InChI is InChI=1S/C24H32N6O.H2O4S/c1-2-8-20-19(7-1)21-22(28-9-3-4-10-28)25-24(29-11-5-6-12-29)26-23(21)30(20)14-13-27-15-17-31-18-16-27;1-5(2,3)4/h1-2,7-8H,3-6,9-18H2;(H2,1,2,3,4). The molecule has 3 aromatic rings. The number of nitrogens with zero attached hydrogens (tertiary/aromatic N) is 6. The number of hydrogen-bond acceptors (Lipinski definition) is 8. The molecule has 0 spiro atoms. The van der Waals surface area contributed by atoms with Crippen LogP contribution in [0.25, 0.3) is 21.9 Å². The van der Waals surface area contributed by atoms with E-state index in [0.29, 0.717) is 0 Å². The maximum absolute atomic E-state index is 8.74. The topological polar surface area (TPSA) is 124 Å². The Kier molecular flexibility index (Phi) is 7.58. The number of morpholine rings is 1. The van der Waals surface area contributed by atoms with Crippen molar-refractivity contribution in [1.29, 1.82) is 0 Å². The minimum Gasteiger partial charge on any atom is -0.379 e. The Morgan fingerprint density at radius 3 is 2.11 bits per heavy atom. The summed E-state index contributed by atoms with van der Waals surface area (Å²) in [5, 5.41) is 2.52. The van der Waals surface area contributed by atoms with Crippen molar-refractivity contribution >= 4 is 44.1 Å². The molecule has 0 amide bonds. The van der Waals surface area contributed by atoms with Gasteiger partial charge in [-0.15, -0.1) is 0 Å². The first-order chi connectivity index (χ1) is 17.4. The molecular weight excluding hydrogens is 484 g/mol. The van der Waals surface area contributed by atoms with Crippen LogP contribution < -0.4 is 9.80 Å². The number of fused-ring (bicyclic) bond motifs is 3. The van der Waals surface area contributed by atoms with Crippen LogP contribution in [-0.2, 0) is 21.7 Å². The van der Waals surface area contributed by atoms with E-state index in [9.17, 15) is 0 Å². The fourth-order valence-electron chi connectivity index (χ4n) is 5.41. The molecule has 11 nitrogen and oxygen atoms in total. The molecule has 2 N–H and O–H groups in total. The zero-order valence-electron chi connectivity index (χ0n) is 20.4. The van der Waals surface area contributed by atoms with Gasteiger partial charge < -0.3 is 19.1 Å². The molecule has 0 saturated carbocycles. The third-order valence-electron chi connectivity index (χ3n) is 7.12. The molecule has 196 valence electrons. The van der Waals surface area contributed by atoms with E-state index < -0.39 is 10.4 Å². The highest BCUT2D eigenvalue weighted by atomic mass is 32.3. The van der Waals surface area contributed by atoms with Gasteiger partial charge in [-0.05, 0) is 31.7 Å². The van der Waals surface area contributed by atoms with Crippen LogP contribution >= 0.6 is 0 Å². The molecule has 36 heavy (non-hydrogen) atoms. The second-order valence-corrected chi connectivity index (χ2v) is 10.4. The van der Waals surface area contributed by atoms with Gasteiger partial charge >= 0.3 is 10.4 Å². The lowest BCUT2D eigenvalue weighted by atomic mass is 10.2. The van der Waals surface area contributed by atoms with E-state index >= 15 is 0 Å². The Bertz CT molecular complexity index is 1290. The van der Waals surface area contributed by atoms with Crippen LogP contribution in [0, 0.1) is 0 Å². The molecule has 3 fully saturated rings. The summed E-state index contributed by atoms with van der Waals surface area (Å²) in [6.07, 6.45) is 4.97. The summed E-state index contributed by atoms with van der Waals surface area (Å²) < 4.78 is 39.6. The van der Waals surface area contributed by atoms with Gasteiger partial charge in [0.05, 0.1) is 24.1 Å². The lowest BCUT2D eigenvalue weighted by Crippen LogP contribution is -2.38. The van der Waals surface area contributed by atoms with E-state index in [1.54, 1.807) is 0 Å². The maximum atomic E-state index is 8.74. The second-order valence-electron chi connectivity index (χ2n) is 9.50. The van der Waals surface area contributed by atoms with Crippen LogP contribution in [0.1, 0.15) is 25.7 Å². The highest BCUT2D eigenvalue weighted by Crippen LogP contribution is 2.37. The Morgan fingerprint density at radius 2 is 1.44 bits per heavy atom. The van der Waals surface area contributed by atoms with Gasteiger partial charge in [0, 0.05) is 57.7 Å². The highest BCUT2D eigenvalue weighted by Gasteiger charge is 2.26. The van der Waals surface area contributed by atoms with Crippen LogP contribution in [-0.4, -0.2) is 96.0 Å². The van der Waals surface area contributed by atoms with Crippen molar-refractivity contribution in [2.24, 2.45) is 0 Å². The third-order valence-corrected chi connectivity index (χ3v) is 7.12. The fourth-order valence-corrected chi connectivity index (χ4v) is 5.41. The van der Waals surface area contributed by atoms with E-state index in [1.165, 1.54) is 42.0 Å². The van der Waals surface area contributed by atoms with Gasteiger partial charge in [-0.1, -0.05) is 18.2 Å². The quantitative estimate of drug-likeness (QED) is 0.487. The van der Waals surface area contributed by atoms with Gasteiger partial charge in [0.2, 0.25) is 5.95 Å². The average molecular weight is 519 g/mol. The summed E-state index contributed by atoms with van der Waals surface area (Å²) in [5.74, 6) is 2.06. The van der Waals surface area contributed by atoms with E-state index in [2.05, 4.69) is 43.5 Å². The normalized spacial score (nSPS) is 19.3. The Labute approximate surface area is 211 Å². The summed E-state index contributed by atoms with van der Waals surface area (Å²) in [7, 11) is -4.67. The van der Waals surface area contributed by atoms with Gasteiger partial charge in [-0.25, -0.2) is 0 Å². The first-order valence-corrected chi connectivity index (χ1v) is 14.1. The minimum atomic E-state index is -4.67. The predicted octanol–water partition coefficient (Wildman–Crippen LogP) is 2.46. The molecular formula is C24H34N6O5S. The summed E-state index contributed by atoms with van der Waals surface area (Å²) in [4.78, 5) is 17.8. The van der Waals surface area contributed by atoms with Crippen LogP contribution in [0.2, 0.25) is 0 Å². The molecule has 3 saturated heterocycles. The fraction of sp³-hybridized carbons (Fsp3) is 0.583. The monoisotopic (exact) mass is 518 g/mol. The summed E-state index contributed by atoms with van der Waals surface area (Å²) >= 11 is 0. The van der Waals surface area contributed by atoms with E-state index in [0.717, 1.165) is 83.0 Å². The van der Waals surface area contributed by atoms with Gasteiger partial charge in [0.15, 0.2) is 0 Å². The number of anilines is 2. The smallest absolute Gasteiger partial charge is 0.379 e. The average Bonchev–Trinajstić information content (AvgIpc) is 3.63. The van der Waals surface area contributed by atoms with Crippen molar-refractivity contribution in [3.05, 3.63) is 24.3 Å². The predicted molar refractivity (Wildman–Crippen MR) is 139 cm³/mol. The number of aromatic nitrogens is 3. The van der Waals surface area contributed by atoms with E-state index in [4.69, 9.17) is 32.2 Å². The zero-order valence-corrected chi connectivity index (χ0v) is 21.2. The highest BCUT2D eigenvalue weighted by molar-refractivity contribution is 7.79. The summed E-state index contributed by atoms with van der Waals surface area (Å²) in [5.41, 5.74) is 2.38.